The molecule has 0 bridgehead atoms. The lowest BCUT2D eigenvalue weighted by molar-refractivity contribution is -0.140. The number of aliphatic hydroxyl groups excluding tert-OH is 1. The van der Waals surface area contributed by atoms with Crippen LogP contribution in [0.4, 0.5) is 0 Å². The quantitative estimate of drug-likeness (QED) is 0.250. The maximum absolute atomic E-state index is 13.4. The molecule has 1 saturated heterocycles. The number of ketones is 1. The minimum Gasteiger partial charge on any atom is -0.507 e. The van der Waals surface area contributed by atoms with Crippen LogP contribution in [0.3, 0.4) is 0 Å². The number of likely N-dealkylation sites (tertiary alicyclic amines) is 1. The number of hydrogen-bond donors (Lipinski definition) is 1. The lowest BCUT2D eigenvalue weighted by atomic mass is 9.94. The van der Waals surface area contributed by atoms with Gasteiger partial charge in [-0.1, -0.05) is 19.9 Å². The number of aliphatic hydroxyl groups is 1. The van der Waals surface area contributed by atoms with Gasteiger partial charge in [0.05, 0.1) is 24.8 Å². The molecule has 1 amide bonds. The second-order valence-corrected chi connectivity index (χ2v) is 10.9. The number of rotatable bonds is 11. The van der Waals surface area contributed by atoms with Gasteiger partial charge in [-0.15, -0.1) is 0 Å². The van der Waals surface area contributed by atoms with Crippen molar-refractivity contribution in [1.82, 2.24) is 9.80 Å². The number of carbonyl (C=O) groups is 2. The molecule has 2 aliphatic heterocycles. The molecule has 210 valence electrons. The fourth-order valence-corrected chi connectivity index (χ4v) is 4.98. The molecule has 0 spiro atoms. The van der Waals surface area contributed by atoms with E-state index in [1.54, 1.807) is 6.07 Å². The number of ether oxygens (including phenoxy) is 3. The van der Waals surface area contributed by atoms with Gasteiger partial charge in [0.1, 0.15) is 17.6 Å². The summed E-state index contributed by atoms with van der Waals surface area (Å²) < 4.78 is 17.7. The number of Topliss-reactive ketones (excluding diaryl/α,β-unsaturated/α-hetero) is 1. The van der Waals surface area contributed by atoms with Crippen LogP contribution in [-0.2, 0) is 16.0 Å². The van der Waals surface area contributed by atoms with E-state index >= 15 is 0 Å². The van der Waals surface area contributed by atoms with Crippen molar-refractivity contribution >= 4 is 17.4 Å². The molecule has 1 fully saturated rings. The molecule has 2 aliphatic rings. The molecule has 0 aliphatic carbocycles. The molecule has 1 N–H and O–H groups in total. The second-order valence-electron chi connectivity index (χ2n) is 10.9. The monoisotopic (exact) mass is 536 g/mol. The maximum atomic E-state index is 13.4. The Balaban J connectivity index is 1.78. The predicted molar refractivity (Wildman–Crippen MR) is 150 cm³/mol. The van der Waals surface area contributed by atoms with Gasteiger partial charge in [-0.25, -0.2) is 0 Å². The molecule has 2 aromatic carbocycles. The minimum atomic E-state index is -0.766. The molecule has 8 heteroatoms. The van der Waals surface area contributed by atoms with Gasteiger partial charge < -0.3 is 29.1 Å². The Labute approximate surface area is 231 Å². The third-order valence-corrected chi connectivity index (χ3v) is 7.03. The van der Waals surface area contributed by atoms with Crippen LogP contribution in [0.1, 0.15) is 56.8 Å². The Morgan fingerprint density at radius 1 is 1.13 bits per heavy atom. The van der Waals surface area contributed by atoms with Crippen LogP contribution >= 0.6 is 0 Å². The SMILES string of the molecule is CCOc1cc([C@@H]2C(=C(O)c3ccc4c(c3)C[C@H](C)O4)C(=O)C(=O)N2CCN(C)C)ccc1OCCC(C)C. The summed E-state index contributed by atoms with van der Waals surface area (Å²) in [5.41, 5.74) is 2.20. The number of hydrogen-bond acceptors (Lipinski definition) is 7. The molecule has 4 rings (SSSR count). The van der Waals surface area contributed by atoms with Crippen molar-refractivity contribution in [2.24, 2.45) is 5.92 Å². The lowest BCUT2D eigenvalue weighted by Gasteiger charge is -2.27. The van der Waals surface area contributed by atoms with Crippen molar-refractivity contribution in [3.8, 4) is 17.2 Å². The van der Waals surface area contributed by atoms with Crippen molar-refractivity contribution in [3.63, 3.8) is 0 Å². The Bertz CT molecular complexity index is 1250. The van der Waals surface area contributed by atoms with Crippen LogP contribution in [0.25, 0.3) is 5.76 Å². The summed E-state index contributed by atoms with van der Waals surface area (Å²) in [4.78, 5) is 30.2. The minimum absolute atomic E-state index is 0.0484. The fraction of sp³-hybridized carbons (Fsp3) is 0.484. The number of amides is 1. The van der Waals surface area contributed by atoms with E-state index in [1.165, 1.54) is 4.90 Å². The third-order valence-electron chi connectivity index (χ3n) is 7.03. The molecular weight excluding hydrogens is 496 g/mol. The highest BCUT2D eigenvalue weighted by Gasteiger charge is 2.46. The highest BCUT2D eigenvalue weighted by Crippen LogP contribution is 2.42. The van der Waals surface area contributed by atoms with Crippen LogP contribution < -0.4 is 14.2 Å². The first kappa shape index (κ1) is 28.5. The first-order chi connectivity index (χ1) is 18.6. The summed E-state index contributed by atoms with van der Waals surface area (Å²) in [5.74, 6) is 0.915. The number of carbonyl (C=O) groups excluding carboxylic acids is 2. The molecule has 8 nitrogen and oxygen atoms in total. The number of benzene rings is 2. The van der Waals surface area contributed by atoms with Crippen LogP contribution in [0.15, 0.2) is 42.0 Å². The van der Waals surface area contributed by atoms with E-state index in [9.17, 15) is 14.7 Å². The maximum Gasteiger partial charge on any atom is 0.295 e. The fourth-order valence-electron chi connectivity index (χ4n) is 4.98. The van der Waals surface area contributed by atoms with Gasteiger partial charge in [0.2, 0.25) is 0 Å². The second kappa shape index (κ2) is 12.1. The van der Waals surface area contributed by atoms with E-state index in [2.05, 4.69) is 13.8 Å². The topological polar surface area (TPSA) is 88.5 Å². The Hall–Kier alpha value is -3.52. The van der Waals surface area contributed by atoms with Gasteiger partial charge in [-0.05, 0) is 81.7 Å². The van der Waals surface area contributed by atoms with Crippen molar-refractivity contribution in [2.75, 3.05) is 40.4 Å². The normalized spacial score (nSPS) is 20.1. The molecule has 0 unspecified atom stereocenters. The van der Waals surface area contributed by atoms with Crippen molar-refractivity contribution < 1.29 is 28.9 Å². The van der Waals surface area contributed by atoms with Crippen LogP contribution in [-0.4, -0.2) is 73.1 Å². The zero-order valence-corrected chi connectivity index (χ0v) is 23.8. The van der Waals surface area contributed by atoms with Crippen molar-refractivity contribution in [1.29, 1.82) is 0 Å². The molecule has 0 aromatic heterocycles. The summed E-state index contributed by atoms with van der Waals surface area (Å²) in [7, 11) is 3.82. The van der Waals surface area contributed by atoms with Gasteiger partial charge in [0, 0.05) is 25.1 Å². The molecule has 0 saturated carbocycles. The number of nitrogens with zero attached hydrogens (tertiary/aromatic N) is 2. The third kappa shape index (κ3) is 6.22. The van der Waals surface area contributed by atoms with Crippen molar-refractivity contribution in [3.05, 3.63) is 58.7 Å². The van der Waals surface area contributed by atoms with E-state index < -0.39 is 17.7 Å². The standard InChI is InChI=1S/C31H40N2O6/c1-7-37-26-18-21(8-11-25(26)38-15-12-19(2)3)28-27(30(35)31(36)33(28)14-13-32(5)6)29(34)22-9-10-24-23(17-22)16-20(4)39-24/h8-11,17-20,28,34H,7,12-16H2,1-6H3/t20-,28+/m0/s1. The summed E-state index contributed by atoms with van der Waals surface area (Å²) >= 11 is 0. The highest BCUT2D eigenvalue weighted by atomic mass is 16.5. The van der Waals surface area contributed by atoms with E-state index in [0.717, 1.165) is 17.7 Å². The molecule has 0 radical (unpaired) electrons. The predicted octanol–water partition coefficient (Wildman–Crippen LogP) is 4.82. The van der Waals surface area contributed by atoms with Gasteiger partial charge >= 0.3 is 0 Å². The average Bonchev–Trinajstić information content (AvgIpc) is 3.38. The van der Waals surface area contributed by atoms with E-state index in [1.807, 2.05) is 63.2 Å². The smallest absolute Gasteiger partial charge is 0.295 e. The summed E-state index contributed by atoms with van der Waals surface area (Å²) in [5, 5.41) is 11.5. The van der Waals surface area contributed by atoms with Gasteiger partial charge in [-0.3, -0.25) is 9.59 Å². The summed E-state index contributed by atoms with van der Waals surface area (Å²) in [6.07, 6.45) is 1.67. The molecule has 2 heterocycles. The summed E-state index contributed by atoms with van der Waals surface area (Å²) in [6, 6.07) is 10.1. The zero-order valence-electron chi connectivity index (χ0n) is 23.8. The van der Waals surface area contributed by atoms with Crippen molar-refractivity contribution in [2.45, 2.75) is 52.7 Å². The van der Waals surface area contributed by atoms with Crippen LogP contribution in [0.2, 0.25) is 0 Å². The Morgan fingerprint density at radius 2 is 1.90 bits per heavy atom. The van der Waals surface area contributed by atoms with Gasteiger partial charge in [0.15, 0.2) is 11.5 Å². The highest BCUT2D eigenvalue weighted by molar-refractivity contribution is 6.46. The van der Waals surface area contributed by atoms with Crippen LogP contribution in [0.5, 0.6) is 17.2 Å². The Morgan fingerprint density at radius 3 is 2.59 bits per heavy atom. The van der Waals surface area contributed by atoms with E-state index in [4.69, 9.17) is 14.2 Å². The molecule has 39 heavy (non-hydrogen) atoms. The average molecular weight is 537 g/mol. The summed E-state index contributed by atoms with van der Waals surface area (Å²) in [6.45, 7) is 10.0. The number of fused-ring (bicyclic) bond motifs is 1. The first-order valence-electron chi connectivity index (χ1n) is 13.7. The Kier molecular flexibility index (Phi) is 8.85. The molecular formula is C31H40N2O6. The van der Waals surface area contributed by atoms with E-state index in [-0.39, 0.29) is 17.4 Å². The lowest BCUT2D eigenvalue weighted by Crippen LogP contribution is -2.35. The van der Waals surface area contributed by atoms with Gasteiger partial charge in [-0.2, -0.15) is 0 Å². The molecule has 2 atom stereocenters. The van der Waals surface area contributed by atoms with Crippen LogP contribution in [0, 0.1) is 5.92 Å². The number of likely N-dealkylation sites (N-methyl/N-ethyl adjacent to an activating group) is 1. The first-order valence-corrected chi connectivity index (χ1v) is 13.7. The van der Waals surface area contributed by atoms with Gasteiger partial charge in [0.25, 0.3) is 11.7 Å². The molecule has 2 aromatic rings. The van der Waals surface area contributed by atoms with E-state index in [0.29, 0.717) is 61.3 Å². The zero-order chi connectivity index (χ0) is 28.3. The largest absolute Gasteiger partial charge is 0.507 e.